The summed E-state index contributed by atoms with van der Waals surface area (Å²) >= 11 is 0. The number of carbonyl (C=O) groups is 4. The van der Waals surface area contributed by atoms with Gasteiger partial charge in [0.15, 0.2) is 5.78 Å². The third kappa shape index (κ3) is 4.02. The second kappa shape index (κ2) is 8.84. The molecule has 0 fully saturated rings. The molecule has 9 nitrogen and oxygen atoms in total. The molecule has 0 aromatic heterocycles. The Bertz CT molecular complexity index is 1000. The zero-order valence-corrected chi connectivity index (χ0v) is 17.7. The van der Waals surface area contributed by atoms with Gasteiger partial charge in [0.25, 0.3) is 0 Å². The highest BCUT2D eigenvalue weighted by molar-refractivity contribution is 6.10. The summed E-state index contributed by atoms with van der Waals surface area (Å²) in [5.41, 5.74) is 0.705. The average molecular weight is 434 g/mol. The van der Waals surface area contributed by atoms with Crippen LogP contribution in [0, 0.1) is 12.7 Å². The molecule has 166 valence electrons. The SMILES string of the molecule is COC(=O)C1=C(C(=O)OC)N(c2cc(F)c(C)c3c2C(=O)C(NC(C)=O)CC3)COC1. The smallest absolute Gasteiger partial charge is 0.355 e. The van der Waals surface area contributed by atoms with Gasteiger partial charge in [-0.1, -0.05) is 0 Å². The number of nitrogens with one attached hydrogen (secondary N) is 1. The van der Waals surface area contributed by atoms with E-state index < -0.39 is 29.6 Å². The molecule has 1 aromatic rings. The molecule has 1 N–H and O–H groups in total. The number of hydrogen-bond acceptors (Lipinski definition) is 8. The van der Waals surface area contributed by atoms with Gasteiger partial charge in [-0.15, -0.1) is 0 Å². The number of benzene rings is 1. The lowest BCUT2D eigenvalue weighted by molar-refractivity contribution is -0.140. The van der Waals surface area contributed by atoms with Crippen LogP contribution in [0.4, 0.5) is 10.1 Å². The minimum atomic E-state index is -0.861. The van der Waals surface area contributed by atoms with Crippen LogP contribution >= 0.6 is 0 Å². The van der Waals surface area contributed by atoms with Gasteiger partial charge in [0, 0.05) is 12.5 Å². The van der Waals surface area contributed by atoms with E-state index >= 15 is 0 Å². The lowest BCUT2D eigenvalue weighted by Crippen LogP contribution is -2.45. The van der Waals surface area contributed by atoms with E-state index in [-0.39, 0.29) is 41.8 Å². The number of nitrogens with zero attached hydrogens (tertiary/aromatic N) is 1. The molecule has 1 atom stereocenters. The first-order chi connectivity index (χ1) is 14.7. The molecule has 2 aliphatic rings. The van der Waals surface area contributed by atoms with Gasteiger partial charge in [0.1, 0.15) is 18.2 Å². The molecule has 0 radical (unpaired) electrons. The van der Waals surface area contributed by atoms with Crippen LogP contribution in [0.15, 0.2) is 17.3 Å². The molecule has 0 bridgehead atoms. The van der Waals surface area contributed by atoms with Gasteiger partial charge in [0.2, 0.25) is 5.91 Å². The van der Waals surface area contributed by atoms with Gasteiger partial charge < -0.3 is 24.4 Å². The molecule has 1 aliphatic carbocycles. The van der Waals surface area contributed by atoms with E-state index in [4.69, 9.17) is 14.2 Å². The summed E-state index contributed by atoms with van der Waals surface area (Å²) < 4.78 is 29.8. The first-order valence-electron chi connectivity index (χ1n) is 9.59. The maximum atomic E-state index is 14.8. The predicted octanol–water partition coefficient (Wildman–Crippen LogP) is 1.16. The van der Waals surface area contributed by atoms with Crippen LogP contribution < -0.4 is 10.2 Å². The molecule has 3 rings (SSSR count). The summed E-state index contributed by atoms with van der Waals surface area (Å²) in [6.45, 7) is 2.43. The van der Waals surface area contributed by atoms with Gasteiger partial charge >= 0.3 is 11.9 Å². The normalized spacial score (nSPS) is 18.4. The number of carbonyl (C=O) groups excluding carboxylic acids is 4. The highest BCUT2D eigenvalue weighted by Gasteiger charge is 2.38. The van der Waals surface area contributed by atoms with Gasteiger partial charge in [-0.25, -0.2) is 14.0 Å². The molecular weight excluding hydrogens is 411 g/mol. The highest BCUT2D eigenvalue weighted by atomic mass is 19.1. The van der Waals surface area contributed by atoms with Crippen molar-refractivity contribution in [2.75, 3.05) is 32.5 Å². The van der Waals surface area contributed by atoms with Crippen LogP contribution in [-0.4, -0.2) is 57.2 Å². The zero-order chi connectivity index (χ0) is 22.9. The number of ketones is 1. The number of anilines is 1. The standard InChI is InChI=1S/C21H23FN2O7/c1-10-12-5-6-15(23-11(2)25)19(26)17(12)16(7-14(10)22)24-9-31-8-13(20(27)29-3)18(24)21(28)30-4/h7,15H,5-6,8-9H2,1-4H3,(H,23,25). The number of amides is 1. The molecule has 10 heteroatoms. The van der Waals surface area contributed by atoms with Crippen LogP contribution in [0.25, 0.3) is 0 Å². The fourth-order valence-corrected chi connectivity index (χ4v) is 3.90. The Morgan fingerprint density at radius 2 is 1.90 bits per heavy atom. The summed E-state index contributed by atoms with van der Waals surface area (Å²) in [7, 11) is 2.29. The second-order valence-corrected chi connectivity index (χ2v) is 7.23. The third-order valence-corrected chi connectivity index (χ3v) is 5.38. The van der Waals surface area contributed by atoms with Crippen LogP contribution in [0.2, 0.25) is 0 Å². The Balaban J connectivity index is 2.24. The summed E-state index contributed by atoms with van der Waals surface area (Å²) in [5, 5.41) is 2.61. The quantitative estimate of drug-likeness (QED) is 0.703. The molecule has 0 saturated carbocycles. The van der Waals surface area contributed by atoms with Crippen LogP contribution in [0.5, 0.6) is 0 Å². The number of hydrogen-bond donors (Lipinski definition) is 1. The third-order valence-electron chi connectivity index (χ3n) is 5.38. The number of Topliss-reactive ketones (excluding diaryl/α,β-unsaturated/α-hetero) is 1. The maximum absolute atomic E-state index is 14.8. The monoisotopic (exact) mass is 434 g/mol. The number of rotatable bonds is 4. The maximum Gasteiger partial charge on any atom is 0.355 e. The van der Waals surface area contributed by atoms with Gasteiger partial charge in [-0.05, 0) is 37.0 Å². The minimum absolute atomic E-state index is 0.0552. The zero-order valence-electron chi connectivity index (χ0n) is 17.7. The van der Waals surface area contributed by atoms with E-state index in [1.807, 2.05) is 0 Å². The van der Waals surface area contributed by atoms with Gasteiger partial charge in [-0.3, -0.25) is 9.59 Å². The van der Waals surface area contributed by atoms with Gasteiger partial charge in [0.05, 0.1) is 38.1 Å². The van der Waals surface area contributed by atoms with E-state index in [0.29, 0.717) is 24.0 Å². The Labute approximate surface area is 178 Å². The molecule has 1 amide bonds. The number of fused-ring (bicyclic) bond motifs is 1. The Kier molecular flexibility index (Phi) is 6.40. The topological polar surface area (TPSA) is 111 Å². The van der Waals surface area contributed by atoms with Crippen molar-refractivity contribution in [3.05, 3.63) is 39.8 Å². The molecule has 1 unspecified atom stereocenters. The summed E-state index contributed by atoms with van der Waals surface area (Å²) in [4.78, 5) is 50.8. The molecule has 0 spiro atoms. The average Bonchev–Trinajstić information content (AvgIpc) is 2.75. The predicted molar refractivity (Wildman–Crippen MR) is 106 cm³/mol. The van der Waals surface area contributed by atoms with Crippen molar-refractivity contribution in [3.63, 3.8) is 0 Å². The Morgan fingerprint density at radius 1 is 1.23 bits per heavy atom. The van der Waals surface area contributed by atoms with E-state index in [0.717, 1.165) is 20.3 Å². The molecule has 31 heavy (non-hydrogen) atoms. The lowest BCUT2D eigenvalue weighted by Gasteiger charge is -2.35. The van der Waals surface area contributed by atoms with Crippen molar-refractivity contribution in [1.82, 2.24) is 5.32 Å². The van der Waals surface area contributed by atoms with Gasteiger partial charge in [-0.2, -0.15) is 0 Å². The Morgan fingerprint density at radius 3 is 2.52 bits per heavy atom. The van der Waals surface area contributed by atoms with Crippen molar-refractivity contribution < 1.29 is 37.8 Å². The highest BCUT2D eigenvalue weighted by Crippen LogP contribution is 2.37. The van der Waals surface area contributed by atoms with E-state index in [1.54, 1.807) is 6.92 Å². The van der Waals surface area contributed by atoms with Crippen LogP contribution in [0.3, 0.4) is 0 Å². The first-order valence-corrected chi connectivity index (χ1v) is 9.59. The number of esters is 2. The van der Waals surface area contributed by atoms with Crippen LogP contribution in [-0.2, 0) is 35.0 Å². The molecule has 1 aliphatic heterocycles. The van der Waals surface area contributed by atoms with E-state index in [2.05, 4.69) is 5.32 Å². The number of ether oxygens (including phenoxy) is 3. The molecular formula is C21H23FN2O7. The lowest BCUT2D eigenvalue weighted by atomic mass is 9.83. The number of methoxy groups -OCH3 is 2. The summed E-state index contributed by atoms with van der Waals surface area (Å²) in [6, 6.07) is 0.333. The van der Waals surface area contributed by atoms with E-state index in [9.17, 15) is 23.6 Å². The summed E-state index contributed by atoms with van der Waals surface area (Å²) in [5.74, 6) is -3.03. The Hall–Kier alpha value is -3.27. The van der Waals surface area contributed by atoms with Crippen molar-refractivity contribution in [2.45, 2.75) is 32.7 Å². The molecule has 1 aromatic carbocycles. The minimum Gasteiger partial charge on any atom is -0.466 e. The van der Waals surface area contributed by atoms with Crippen molar-refractivity contribution in [3.8, 4) is 0 Å². The molecule has 1 heterocycles. The van der Waals surface area contributed by atoms with Crippen LogP contribution in [0.1, 0.15) is 34.8 Å². The second-order valence-electron chi connectivity index (χ2n) is 7.23. The van der Waals surface area contributed by atoms with Crippen molar-refractivity contribution in [2.24, 2.45) is 0 Å². The fraction of sp³-hybridized carbons (Fsp3) is 0.429. The van der Waals surface area contributed by atoms with Crippen molar-refractivity contribution >= 4 is 29.3 Å². The van der Waals surface area contributed by atoms with Crippen molar-refractivity contribution in [1.29, 1.82) is 0 Å². The first kappa shape index (κ1) is 22.4. The number of halogens is 1. The summed E-state index contributed by atoms with van der Waals surface area (Å²) in [6.07, 6.45) is 0.664. The molecule has 0 saturated heterocycles. The van der Waals surface area contributed by atoms with E-state index in [1.165, 1.54) is 11.8 Å². The largest absolute Gasteiger partial charge is 0.466 e. The fourth-order valence-electron chi connectivity index (χ4n) is 3.90.